The Balaban J connectivity index is 1.82. The molecule has 214 valence electrons. The molecule has 0 saturated heterocycles. The zero-order valence-corrected chi connectivity index (χ0v) is 24.2. The number of hydrogen-bond acceptors (Lipinski definition) is 6. The summed E-state index contributed by atoms with van der Waals surface area (Å²) in [5.74, 6) is 0.342. The molecule has 0 aliphatic carbocycles. The van der Waals surface area contributed by atoms with E-state index in [1.54, 1.807) is 56.5 Å². The maximum atomic E-state index is 13.7. The normalized spacial score (nSPS) is 11.8. The van der Waals surface area contributed by atoms with Crippen molar-refractivity contribution in [3.05, 3.63) is 90.0 Å². The highest BCUT2D eigenvalue weighted by atomic mass is 32.2. The van der Waals surface area contributed by atoms with E-state index in [9.17, 15) is 18.0 Å². The number of hydrogen-bond donors (Lipinski definition) is 1. The number of methoxy groups -OCH3 is 1. The van der Waals surface area contributed by atoms with Crippen molar-refractivity contribution >= 4 is 27.5 Å². The fraction of sp³-hybridized carbons (Fsp3) is 0.333. The molecule has 40 heavy (non-hydrogen) atoms. The maximum absolute atomic E-state index is 13.7. The Kier molecular flexibility index (Phi) is 11.0. The zero-order valence-electron chi connectivity index (χ0n) is 23.4. The number of nitrogens with one attached hydrogen (secondary N) is 1. The predicted octanol–water partition coefficient (Wildman–Crippen LogP) is 3.98. The number of rotatable bonds is 14. The van der Waals surface area contributed by atoms with E-state index >= 15 is 0 Å². The third-order valence-corrected chi connectivity index (χ3v) is 7.40. The van der Waals surface area contributed by atoms with E-state index in [2.05, 4.69) is 5.32 Å². The monoisotopic (exact) mass is 567 g/mol. The van der Waals surface area contributed by atoms with Gasteiger partial charge >= 0.3 is 0 Å². The van der Waals surface area contributed by atoms with Gasteiger partial charge in [0, 0.05) is 13.1 Å². The molecule has 0 saturated carbocycles. The summed E-state index contributed by atoms with van der Waals surface area (Å²) in [4.78, 5) is 27.9. The second-order valence-corrected chi connectivity index (χ2v) is 11.3. The largest absolute Gasteiger partial charge is 0.497 e. The fourth-order valence-electron chi connectivity index (χ4n) is 4.01. The summed E-state index contributed by atoms with van der Waals surface area (Å²) < 4.78 is 37.7. The molecule has 0 fully saturated rings. The smallest absolute Gasteiger partial charge is 0.244 e. The molecule has 3 rings (SSSR count). The number of benzene rings is 3. The number of sulfonamides is 1. The quantitative estimate of drug-likeness (QED) is 0.316. The molecule has 0 aliphatic rings. The van der Waals surface area contributed by atoms with Crippen LogP contribution in [0.5, 0.6) is 11.5 Å². The lowest BCUT2D eigenvalue weighted by atomic mass is 10.1. The van der Waals surface area contributed by atoms with Crippen molar-refractivity contribution in [1.29, 1.82) is 0 Å². The Morgan fingerprint density at radius 1 is 0.925 bits per heavy atom. The first kappa shape index (κ1) is 30.5. The Morgan fingerprint density at radius 2 is 1.60 bits per heavy atom. The van der Waals surface area contributed by atoms with Crippen LogP contribution in [-0.2, 0) is 32.8 Å². The summed E-state index contributed by atoms with van der Waals surface area (Å²) in [7, 11) is -2.29. The first-order chi connectivity index (χ1) is 19.1. The third-order valence-electron chi connectivity index (χ3n) is 6.26. The van der Waals surface area contributed by atoms with Crippen molar-refractivity contribution in [1.82, 2.24) is 10.2 Å². The highest BCUT2D eigenvalue weighted by Crippen LogP contribution is 2.23. The van der Waals surface area contributed by atoms with Crippen molar-refractivity contribution in [2.75, 3.05) is 30.8 Å². The van der Waals surface area contributed by atoms with Gasteiger partial charge in [-0.05, 0) is 60.9 Å². The van der Waals surface area contributed by atoms with Gasteiger partial charge in [0.2, 0.25) is 21.8 Å². The molecule has 1 atom stereocenters. The summed E-state index contributed by atoms with van der Waals surface area (Å²) in [5.41, 5.74) is 2.06. The molecule has 10 heteroatoms. The van der Waals surface area contributed by atoms with Crippen LogP contribution < -0.4 is 19.1 Å². The molecular weight excluding hydrogens is 530 g/mol. The lowest BCUT2D eigenvalue weighted by molar-refractivity contribution is -0.139. The van der Waals surface area contributed by atoms with Crippen molar-refractivity contribution in [3.63, 3.8) is 0 Å². The van der Waals surface area contributed by atoms with E-state index < -0.39 is 28.5 Å². The number of amides is 2. The van der Waals surface area contributed by atoms with Gasteiger partial charge in [-0.3, -0.25) is 13.9 Å². The average molecular weight is 568 g/mol. The van der Waals surface area contributed by atoms with E-state index in [0.717, 1.165) is 28.1 Å². The van der Waals surface area contributed by atoms with Gasteiger partial charge in [-0.15, -0.1) is 0 Å². The lowest BCUT2D eigenvalue weighted by Gasteiger charge is -2.31. The Hall–Kier alpha value is -4.05. The van der Waals surface area contributed by atoms with Crippen LogP contribution in [-0.4, -0.2) is 57.6 Å². The van der Waals surface area contributed by atoms with E-state index in [-0.39, 0.29) is 12.5 Å². The molecule has 0 bridgehead atoms. The van der Waals surface area contributed by atoms with Crippen LogP contribution in [0.4, 0.5) is 5.69 Å². The molecule has 0 spiro atoms. The number of ether oxygens (including phenoxy) is 2. The topological polar surface area (TPSA) is 105 Å². The van der Waals surface area contributed by atoms with Crippen LogP contribution in [0.15, 0.2) is 78.9 Å². The summed E-state index contributed by atoms with van der Waals surface area (Å²) in [6.45, 7) is 4.03. The molecule has 0 aromatic heterocycles. The van der Waals surface area contributed by atoms with Crippen molar-refractivity contribution in [2.45, 2.75) is 39.5 Å². The molecule has 1 N–H and O–H groups in total. The van der Waals surface area contributed by atoms with Gasteiger partial charge in [-0.1, -0.05) is 49.4 Å². The van der Waals surface area contributed by atoms with Crippen LogP contribution in [0.3, 0.4) is 0 Å². The van der Waals surface area contributed by atoms with Crippen molar-refractivity contribution in [3.8, 4) is 11.5 Å². The summed E-state index contributed by atoms with van der Waals surface area (Å²) in [6, 6.07) is 22.5. The van der Waals surface area contributed by atoms with Gasteiger partial charge in [0.05, 0.1) is 19.1 Å². The molecular formula is C30H37N3O6S. The van der Waals surface area contributed by atoms with Crippen LogP contribution in [0, 0.1) is 0 Å². The van der Waals surface area contributed by atoms with Crippen LogP contribution in [0.1, 0.15) is 31.4 Å². The maximum Gasteiger partial charge on any atom is 0.244 e. The number of carbonyl (C=O) groups is 2. The van der Waals surface area contributed by atoms with Gasteiger partial charge < -0.3 is 19.7 Å². The zero-order chi connectivity index (χ0) is 29.1. The second kappa shape index (κ2) is 14.4. The van der Waals surface area contributed by atoms with Gasteiger partial charge in [-0.25, -0.2) is 8.42 Å². The average Bonchev–Trinajstić information content (AvgIpc) is 2.96. The molecule has 0 aliphatic heterocycles. The second-order valence-electron chi connectivity index (χ2n) is 9.38. The lowest BCUT2D eigenvalue weighted by Crippen LogP contribution is -2.51. The first-order valence-electron chi connectivity index (χ1n) is 13.1. The number of anilines is 1. The van der Waals surface area contributed by atoms with E-state index in [4.69, 9.17) is 9.47 Å². The highest BCUT2D eigenvalue weighted by molar-refractivity contribution is 7.92. The molecule has 0 heterocycles. The van der Waals surface area contributed by atoms with Gasteiger partial charge in [0.1, 0.15) is 30.7 Å². The van der Waals surface area contributed by atoms with Gasteiger partial charge in [-0.2, -0.15) is 0 Å². The van der Waals surface area contributed by atoms with E-state index in [0.29, 0.717) is 30.3 Å². The third kappa shape index (κ3) is 8.74. The van der Waals surface area contributed by atoms with Crippen molar-refractivity contribution in [2.24, 2.45) is 0 Å². The predicted molar refractivity (Wildman–Crippen MR) is 156 cm³/mol. The van der Waals surface area contributed by atoms with Crippen molar-refractivity contribution < 1.29 is 27.5 Å². The van der Waals surface area contributed by atoms with Crippen LogP contribution >= 0.6 is 0 Å². The summed E-state index contributed by atoms with van der Waals surface area (Å²) >= 11 is 0. The van der Waals surface area contributed by atoms with E-state index in [1.807, 2.05) is 43.3 Å². The standard InChI is InChI=1S/C30H37N3O6S/c1-5-18-31-30(35)23(2)32(20-25-12-9-13-28(19-25)38-3)29(34)21-33(40(4,36)37)26-14-16-27(17-15-26)39-22-24-10-7-6-8-11-24/h6-17,19,23H,5,18,20-22H2,1-4H3,(H,31,35)/t23-/m1/s1. The minimum absolute atomic E-state index is 0.0978. The minimum Gasteiger partial charge on any atom is -0.497 e. The first-order valence-corrected chi connectivity index (χ1v) is 14.9. The molecule has 3 aromatic rings. The summed E-state index contributed by atoms with van der Waals surface area (Å²) in [6.07, 6.45) is 1.79. The SMILES string of the molecule is CCCNC(=O)[C@@H](C)N(Cc1cccc(OC)c1)C(=O)CN(c1ccc(OCc2ccccc2)cc1)S(C)(=O)=O. The Bertz CT molecular complexity index is 1360. The Morgan fingerprint density at radius 3 is 2.23 bits per heavy atom. The number of carbonyl (C=O) groups excluding carboxylic acids is 2. The highest BCUT2D eigenvalue weighted by Gasteiger charge is 2.30. The molecule has 9 nitrogen and oxygen atoms in total. The summed E-state index contributed by atoms with van der Waals surface area (Å²) in [5, 5.41) is 2.82. The molecule has 3 aromatic carbocycles. The molecule has 0 radical (unpaired) electrons. The molecule has 0 unspecified atom stereocenters. The van der Waals surface area contributed by atoms with Crippen LogP contribution in [0.25, 0.3) is 0 Å². The fourth-order valence-corrected chi connectivity index (χ4v) is 4.86. The minimum atomic E-state index is -3.83. The molecule has 2 amide bonds. The Labute approximate surface area is 236 Å². The number of nitrogens with zero attached hydrogens (tertiary/aromatic N) is 2. The van der Waals surface area contributed by atoms with Gasteiger partial charge in [0.25, 0.3) is 0 Å². The van der Waals surface area contributed by atoms with Gasteiger partial charge in [0.15, 0.2) is 0 Å². The van der Waals surface area contributed by atoms with Crippen LogP contribution in [0.2, 0.25) is 0 Å². The van der Waals surface area contributed by atoms with E-state index in [1.165, 1.54) is 4.90 Å².